The van der Waals surface area contributed by atoms with Gasteiger partial charge in [0.15, 0.2) is 4.60 Å². The lowest BCUT2D eigenvalue weighted by Crippen LogP contribution is -2.32. The number of hydrogen-bond acceptors (Lipinski definition) is 5. The molecule has 0 fully saturated rings. The number of sulfonamides is 1. The molecule has 10 heteroatoms. The molecule has 0 aliphatic heterocycles. The number of aryl methyl sites for hydroxylation is 1. The molecule has 1 aromatic rings. The highest BCUT2D eigenvalue weighted by molar-refractivity contribution is 9.10. The smallest absolute Gasteiger partial charge is 0.260 e. The van der Waals surface area contributed by atoms with Crippen LogP contribution in [-0.4, -0.2) is 42.4 Å². The highest BCUT2D eigenvalue weighted by Crippen LogP contribution is 2.17. The third-order valence-corrected chi connectivity index (χ3v) is 4.56. The molecule has 0 radical (unpaired) electrons. The zero-order chi connectivity index (χ0) is 14.5. The first-order valence-corrected chi connectivity index (χ1v) is 7.97. The van der Waals surface area contributed by atoms with Crippen LogP contribution in [0, 0.1) is 0 Å². The summed E-state index contributed by atoms with van der Waals surface area (Å²) in [6.45, 7) is 2.55. The van der Waals surface area contributed by atoms with Gasteiger partial charge in [-0.3, -0.25) is 4.79 Å². The summed E-state index contributed by atoms with van der Waals surface area (Å²) in [6, 6.07) is 0. The van der Waals surface area contributed by atoms with Crippen LogP contribution in [0.15, 0.2) is 9.63 Å². The van der Waals surface area contributed by atoms with Crippen molar-refractivity contribution in [3.63, 3.8) is 0 Å². The highest BCUT2D eigenvalue weighted by Gasteiger charge is 2.23. The van der Waals surface area contributed by atoms with Gasteiger partial charge in [0.25, 0.3) is 10.0 Å². The molecule has 1 aromatic heterocycles. The zero-order valence-electron chi connectivity index (χ0n) is 10.7. The largest absolute Gasteiger partial charge is 0.356 e. The van der Waals surface area contributed by atoms with Gasteiger partial charge in [-0.2, -0.15) is 0 Å². The van der Waals surface area contributed by atoms with E-state index in [0.717, 1.165) is 11.1 Å². The van der Waals surface area contributed by atoms with Crippen LogP contribution in [0.4, 0.5) is 0 Å². The van der Waals surface area contributed by atoms with Crippen LogP contribution in [0.1, 0.15) is 19.8 Å². The minimum atomic E-state index is -3.73. The van der Waals surface area contributed by atoms with Crippen LogP contribution in [0.2, 0.25) is 0 Å². The average Bonchev–Trinajstić information content (AvgIpc) is 2.66. The molecule has 2 N–H and O–H groups in total. The fraction of sp³-hybridized carbons (Fsp3) is 0.667. The molecule has 1 rings (SSSR count). The molecule has 0 saturated carbocycles. The van der Waals surface area contributed by atoms with E-state index in [2.05, 4.69) is 36.3 Å². The molecule has 0 atom stereocenters. The summed E-state index contributed by atoms with van der Waals surface area (Å²) >= 11 is 3.02. The van der Waals surface area contributed by atoms with E-state index in [4.69, 9.17) is 0 Å². The molecule has 0 aliphatic carbocycles. The summed E-state index contributed by atoms with van der Waals surface area (Å²) in [7, 11) is -2.26. The van der Waals surface area contributed by atoms with Crippen LogP contribution in [-0.2, 0) is 21.9 Å². The van der Waals surface area contributed by atoms with Gasteiger partial charge in [0.1, 0.15) is 0 Å². The summed E-state index contributed by atoms with van der Waals surface area (Å²) < 4.78 is 27.5. The molecular weight excluding hydrogens is 338 g/mol. The first kappa shape index (κ1) is 16.1. The lowest BCUT2D eigenvalue weighted by molar-refractivity contribution is -0.120. The van der Waals surface area contributed by atoms with Crippen molar-refractivity contribution in [1.29, 1.82) is 0 Å². The number of aromatic nitrogens is 3. The van der Waals surface area contributed by atoms with Crippen molar-refractivity contribution >= 4 is 31.9 Å². The monoisotopic (exact) mass is 353 g/mol. The Morgan fingerprint density at radius 1 is 1.42 bits per heavy atom. The molecular formula is C9H16BrN5O3S. The molecule has 19 heavy (non-hydrogen) atoms. The predicted molar refractivity (Wildman–Crippen MR) is 71.8 cm³/mol. The molecule has 0 aromatic carbocycles. The number of nitrogens with one attached hydrogen (secondary N) is 2. The second kappa shape index (κ2) is 6.96. The molecule has 0 unspecified atom stereocenters. The van der Waals surface area contributed by atoms with E-state index < -0.39 is 10.0 Å². The molecule has 0 bridgehead atoms. The molecule has 0 spiro atoms. The fourth-order valence-electron chi connectivity index (χ4n) is 1.33. The summed E-state index contributed by atoms with van der Waals surface area (Å²) in [5.41, 5.74) is 0. The fourth-order valence-corrected chi connectivity index (χ4v) is 3.45. The van der Waals surface area contributed by atoms with Crippen molar-refractivity contribution in [2.45, 2.75) is 24.8 Å². The van der Waals surface area contributed by atoms with Gasteiger partial charge >= 0.3 is 0 Å². The Morgan fingerprint density at radius 2 is 2.11 bits per heavy atom. The van der Waals surface area contributed by atoms with Gasteiger partial charge in [0, 0.05) is 26.6 Å². The Labute approximate surface area is 120 Å². The maximum Gasteiger partial charge on any atom is 0.260 e. The molecule has 1 heterocycles. The van der Waals surface area contributed by atoms with Crippen molar-refractivity contribution in [3.8, 4) is 0 Å². The summed E-state index contributed by atoms with van der Waals surface area (Å²) in [5, 5.41) is 9.78. The van der Waals surface area contributed by atoms with Gasteiger partial charge in [0.05, 0.1) is 0 Å². The van der Waals surface area contributed by atoms with Crippen molar-refractivity contribution in [1.82, 2.24) is 25.0 Å². The van der Waals surface area contributed by atoms with Crippen molar-refractivity contribution < 1.29 is 13.2 Å². The van der Waals surface area contributed by atoms with Gasteiger partial charge in [0.2, 0.25) is 10.9 Å². The van der Waals surface area contributed by atoms with E-state index in [1.165, 1.54) is 7.05 Å². The lowest BCUT2D eigenvalue weighted by atomic mass is 10.4. The average molecular weight is 354 g/mol. The Balaban J connectivity index is 2.55. The number of halogens is 1. The van der Waals surface area contributed by atoms with Crippen LogP contribution in [0.3, 0.4) is 0 Å². The first-order chi connectivity index (χ1) is 8.88. The molecule has 0 aliphatic rings. The maximum atomic E-state index is 12.0. The normalized spacial score (nSPS) is 11.5. The first-order valence-electron chi connectivity index (χ1n) is 5.70. The van der Waals surface area contributed by atoms with Gasteiger partial charge < -0.3 is 5.32 Å². The van der Waals surface area contributed by atoms with E-state index in [1.54, 1.807) is 0 Å². The van der Waals surface area contributed by atoms with E-state index in [9.17, 15) is 13.2 Å². The van der Waals surface area contributed by atoms with E-state index in [1.807, 2.05) is 6.92 Å². The zero-order valence-corrected chi connectivity index (χ0v) is 13.1. The Hall–Kier alpha value is -1.00. The summed E-state index contributed by atoms with van der Waals surface area (Å²) in [6.07, 6.45) is 0.924. The Kier molecular flexibility index (Phi) is 5.88. The summed E-state index contributed by atoms with van der Waals surface area (Å²) in [4.78, 5) is 11.3. The van der Waals surface area contributed by atoms with E-state index in [-0.39, 0.29) is 28.5 Å². The minimum absolute atomic E-state index is 0.0233. The van der Waals surface area contributed by atoms with Crippen LogP contribution >= 0.6 is 15.9 Å². The Morgan fingerprint density at radius 3 is 2.63 bits per heavy atom. The predicted octanol–water partition coefficient (Wildman–Crippen LogP) is -0.228. The molecule has 1 amide bonds. The molecule has 0 saturated heterocycles. The lowest BCUT2D eigenvalue weighted by Gasteiger charge is -2.07. The molecule has 108 valence electrons. The number of carbonyl (C=O) groups is 1. The highest BCUT2D eigenvalue weighted by atomic mass is 79.9. The second-order valence-electron chi connectivity index (χ2n) is 3.81. The standard InChI is InChI=1S/C9H16BrN5O3S/c1-3-5-11-7(16)4-6-12-19(17,18)9-8(10)13-14-15(9)2/h12H,3-6H2,1-2H3,(H,11,16). The van der Waals surface area contributed by atoms with Crippen molar-refractivity contribution in [2.75, 3.05) is 13.1 Å². The van der Waals surface area contributed by atoms with E-state index >= 15 is 0 Å². The van der Waals surface area contributed by atoms with Crippen molar-refractivity contribution in [2.24, 2.45) is 7.05 Å². The van der Waals surface area contributed by atoms with Crippen molar-refractivity contribution in [3.05, 3.63) is 4.60 Å². The van der Waals surface area contributed by atoms with Crippen LogP contribution in [0.5, 0.6) is 0 Å². The van der Waals surface area contributed by atoms with E-state index in [0.29, 0.717) is 6.54 Å². The number of carbonyl (C=O) groups excluding carboxylic acids is 1. The SMILES string of the molecule is CCCNC(=O)CCNS(=O)(=O)c1c(Br)nnn1C. The van der Waals surface area contributed by atoms with Crippen LogP contribution in [0.25, 0.3) is 0 Å². The second-order valence-corrected chi connectivity index (χ2v) is 6.24. The third-order valence-electron chi connectivity index (χ3n) is 2.21. The number of amides is 1. The quantitative estimate of drug-likeness (QED) is 0.704. The Bertz CT molecular complexity index is 523. The van der Waals surface area contributed by atoms with Gasteiger partial charge in [-0.05, 0) is 22.4 Å². The van der Waals surface area contributed by atoms with Gasteiger partial charge in [-0.15, -0.1) is 5.10 Å². The maximum absolute atomic E-state index is 12.0. The number of nitrogens with zero attached hydrogens (tertiary/aromatic N) is 3. The third kappa shape index (κ3) is 4.55. The van der Waals surface area contributed by atoms with Crippen LogP contribution < -0.4 is 10.0 Å². The summed E-state index contributed by atoms with van der Waals surface area (Å²) in [5.74, 6) is -0.188. The van der Waals surface area contributed by atoms with Gasteiger partial charge in [-0.25, -0.2) is 17.8 Å². The minimum Gasteiger partial charge on any atom is -0.356 e. The topological polar surface area (TPSA) is 106 Å². The number of hydrogen-bond donors (Lipinski definition) is 2. The molecule has 8 nitrogen and oxygen atoms in total. The van der Waals surface area contributed by atoms with Gasteiger partial charge in [-0.1, -0.05) is 12.1 Å². The number of rotatable bonds is 7.